The summed E-state index contributed by atoms with van der Waals surface area (Å²) in [5.41, 5.74) is 0. The Morgan fingerprint density at radius 1 is 1.24 bits per heavy atom. The standard InChI is InChI=1S/C12H24N2O2S/c1-3-17(15,16)14-8-6-12(7-9-14)13-10(2)11-4-5-11/h10-13H,3-9H2,1-2H3. The smallest absolute Gasteiger partial charge is 0.213 e. The van der Waals surface area contributed by atoms with Crippen molar-refractivity contribution in [1.29, 1.82) is 0 Å². The summed E-state index contributed by atoms with van der Waals surface area (Å²) in [4.78, 5) is 0. The molecule has 0 spiro atoms. The SMILES string of the molecule is CCS(=O)(=O)N1CCC(NC(C)C2CC2)CC1. The molecule has 100 valence electrons. The van der Waals surface area contributed by atoms with Gasteiger partial charge in [-0.1, -0.05) is 0 Å². The zero-order chi connectivity index (χ0) is 12.5. The van der Waals surface area contributed by atoms with Crippen molar-refractivity contribution in [3.05, 3.63) is 0 Å². The second-order valence-electron chi connectivity index (χ2n) is 5.37. The quantitative estimate of drug-likeness (QED) is 0.808. The molecule has 0 amide bonds. The Morgan fingerprint density at radius 2 is 1.82 bits per heavy atom. The van der Waals surface area contributed by atoms with Crippen LogP contribution in [0.5, 0.6) is 0 Å². The molecular weight excluding hydrogens is 236 g/mol. The first-order valence-electron chi connectivity index (χ1n) is 6.77. The Morgan fingerprint density at radius 3 is 2.29 bits per heavy atom. The Labute approximate surface area is 105 Å². The van der Waals surface area contributed by atoms with Gasteiger partial charge in [0.2, 0.25) is 10.0 Å². The molecule has 1 atom stereocenters. The van der Waals surface area contributed by atoms with Gasteiger partial charge < -0.3 is 5.32 Å². The van der Waals surface area contributed by atoms with E-state index in [1.165, 1.54) is 12.8 Å². The number of nitrogens with zero attached hydrogens (tertiary/aromatic N) is 1. The van der Waals surface area contributed by atoms with Crippen molar-refractivity contribution in [2.75, 3.05) is 18.8 Å². The second kappa shape index (κ2) is 5.24. The highest BCUT2D eigenvalue weighted by Crippen LogP contribution is 2.33. The van der Waals surface area contributed by atoms with Crippen molar-refractivity contribution in [3.63, 3.8) is 0 Å². The van der Waals surface area contributed by atoms with Crippen LogP contribution in [0, 0.1) is 5.92 Å². The molecule has 1 aliphatic carbocycles. The molecule has 5 heteroatoms. The average Bonchev–Trinajstić information content (AvgIpc) is 3.13. The lowest BCUT2D eigenvalue weighted by atomic mass is 10.0. The van der Waals surface area contributed by atoms with Crippen LogP contribution in [0.3, 0.4) is 0 Å². The van der Waals surface area contributed by atoms with Crippen molar-refractivity contribution >= 4 is 10.0 Å². The van der Waals surface area contributed by atoms with Gasteiger partial charge in [0, 0.05) is 25.2 Å². The minimum Gasteiger partial charge on any atom is -0.311 e. The number of piperidine rings is 1. The van der Waals surface area contributed by atoms with Gasteiger partial charge in [-0.15, -0.1) is 0 Å². The molecular formula is C12H24N2O2S. The van der Waals surface area contributed by atoms with Crippen LogP contribution in [0.15, 0.2) is 0 Å². The summed E-state index contributed by atoms with van der Waals surface area (Å²) < 4.78 is 25.1. The van der Waals surface area contributed by atoms with Gasteiger partial charge in [-0.25, -0.2) is 12.7 Å². The van der Waals surface area contributed by atoms with Gasteiger partial charge in [-0.3, -0.25) is 0 Å². The van der Waals surface area contributed by atoms with E-state index in [4.69, 9.17) is 0 Å². The highest BCUT2D eigenvalue weighted by atomic mass is 32.2. The van der Waals surface area contributed by atoms with Gasteiger partial charge >= 0.3 is 0 Å². The normalized spacial score (nSPS) is 26.0. The molecule has 1 unspecified atom stereocenters. The third-order valence-corrected chi connectivity index (χ3v) is 5.92. The molecule has 1 saturated carbocycles. The van der Waals surface area contributed by atoms with Crippen LogP contribution in [0.4, 0.5) is 0 Å². The molecule has 0 radical (unpaired) electrons. The van der Waals surface area contributed by atoms with Gasteiger partial charge in [0.05, 0.1) is 5.75 Å². The van der Waals surface area contributed by atoms with Gasteiger partial charge in [0.25, 0.3) is 0 Å². The van der Waals surface area contributed by atoms with Crippen molar-refractivity contribution in [3.8, 4) is 0 Å². The summed E-state index contributed by atoms with van der Waals surface area (Å²) in [5.74, 6) is 1.09. The van der Waals surface area contributed by atoms with Crippen LogP contribution in [-0.2, 0) is 10.0 Å². The summed E-state index contributed by atoms with van der Waals surface area (Å²) in [6.07, 6.45) is 4.63. The summed E-state index contributed by atoms with van der Waals surface area (Å²) in [5, 5.41) is 3.65. The Bertz CT molecular complexity index is 344. The monoisotopic (exact) mass is 260 g/mol. The fourth-order valence-electron chi connectivity index (χ4n) is 2.59. The van der Waals surface area contributed by atoms with Crippen LogP contribution >= 0.6 is 0 Å². The highest BCUT2D eigenvalue weighted by Gasteiger charge is 2.31. The fourth-order valence-corrected chi connectivity index (χ4v) is 3.72. The first kappa shape index (κ1) is 13.3. The molecule has 1 heterocycles. The van der Waals surface area contributed by atoms with E-state index < -0.39 is 10.0 Å². The number of rotatable bonds is 5. The van der Waals surface area contributed by atoms with E-state index in [-0.39, 0.29) is 5.75 Å². The van der Waals surface area contributed by atoms with Crippen LogP contribution in [-0.4, -0.2) is 43.6 Å². The van der Waals surface area contributed by atoms with Crippen molar-refractivity contribution in [2.24, 2.45) is 5.92 Å². The van der Waals surface area contributed by atoms with Gasteiger partial charge in [-0.2, -0.15) is 0 Å². The minimum atomic E-state index is -2.97. The minimum absolute atomic E-state index is 0.226. The lowest BCUT2D eigenvalue weighted by Gasteiger charge is -2.33. The van der Waals surface area contributed by atoms with E-state index >= 15 is 0 Å². The molecule has 2 fully saturated rings. The largest absolute Gasteiger partial charge is 0.311 e. The zero-order valence-electron chi connectivity index (χ0n) is 10.9. The maximum Gasteiger partial charge on any atom is 0.213 e. The van der Waals surface area contributed by atoms with Crippen LogP contribution in [0.2, 0.25) is 0 Å². The topological polar surface area (TPSA) is 49.4 Å². The van der Waals surface area contributed by atoms with Crippen LogP contribution in [0.25, 0.3) is 0 Å². The van der Waals surface area contributed by atoms with Crippen molar-refractivity contribution < 1.29 is 8.42 Å². The van der Waals surface area contributed by atoms with E-state index in [0.717, 1.165) is 18.8 Å². The lowest BCUT2D eigenvalue weighted by Crippen LogP contribution is -2.47. The van der Waals surface area contributed by atoms with Crippen molar-refractivity contribution in [2.45, 2.75) is 51.6 Å². The highest BCUT2D eigenvalue weighted by molar-refractivity contribution is 7.89. The molecule has 0 aromatic carbocycles. The molecule has 2 aliphatic rings. The molecule has 0 bridgehead atoms. The third-order valence-electron chi connectivity index (χ3n) is 4.04. The van der Waals surface area contributed by atoms with E-state index in [0.29, 0.717) is 25.2 Å². The fraction of sp³-hybridized carbons (Fsp3) is 1.00. The maximum absolute atomic E-state index is 11.7. The first-order chi connectivity index (χ1) is 8.03. The molecule has 4 nitrogen and oxygen atoms in total. The number of sulfonamides is 1. The Kier molecular flexibility index (Phi) is 4.10. The van der Waals surface area contributed by atoms with E-state index in [1.54, 1.807) is 11.2 Å². The number of hydrogen-bond acceptors (Lipinski definition) is 3. The maximum atomic E-state index is 11.7. The predicted molar refractivity (Wildman–Crippen MR) is 69.4 cm³/mol. The first-order valence-corrected chi connectivity index (χ1v) is 8.37. The molecule has 0 aromatic rings. The van der Waals surface area contributed by atoms with Gasteiger partial charge in [0.15, 0.2) is 0 Å². The van der Waals surface area contributed by atoms with E-state index in [1.807, 2.05) is 0 Å². The summed E-state index contributed by atoms with van der Waals surface area (Å²) in [6.45, 7) is 5.35. The van der Waals surface area contributed by atoms with Crippen LogP contribution < -0.4 is 5.32 Å². The molecule has 17 heavy (non-hydrogen) atoms. The van der Waals surface area contributed by atoms with Gasteiger partial charge in [-0.05, 0) is 45.4 Å². The van der Waals surface area contributed by atoms with E-state index in [9.17, 15) is 8.42 Å². The third kappa shape index (κ3) is 3.42. The van der Waals surface area contributed by atoms with Crippen molar-refractivity contribution in [1.82, 2.24) is 9.62 Å². The average molecular weight is 260 g/mol. The summed E-state index contributed by atoms with van der Waals surface area (Å²) >= 11 is 0. The molecule has 1 saturated heterocycles. The summed E-state index contributed by atoms with van der Waals surface area (Å²) in [7, 11) is -2.97. The van der Waals surface area contributed by atoms with Crippen LogP contribution in [0.1, 0.15) is 39.5 Å². The lowest BCUT2D eigenvalue weighted by molar-refractivity contribution is 0.270. The number of nitrogens with one attached hydrogen (secondary N) is 1. The molecule has 2 rings (SSSR count). The van der Waals surface area contributed by atoms with Gasteiger partial charge in [0.1, 0.15) is 0 Å². The van der Waals surface area contributed by atoms with E-state index in [2.05, 4.69) is 12.2 Å². The summed E-state index contributed by atoms with van der Waals surface area (Å²) in [6, 6.07) is 1.11. The second-order valence-corrected chi connectivity index (χ2v) is 7.62. The molecule has 1 aliphatic heterocycles. The Hall–Kier alpha value is -0.130. The predicted octanol–water partition coefficient (Wildman–Crippen LogP) is 1.19. The molecule has 0 aromatic heterocycles. The zero-order valence-corrected chi connectivity index (χ0v) is 11.7. The Balaban J connectivity index is 1.77. The number of hydrogen-bond donors (Lipinski definition) is 1. The molecule has 1 N–H and O–H groups in total.